The van der Waals surface area contributed by atoms with Gasteiger partial charge in [-0.15, -0.1) is 0 Å². The van der Waals surface area contributed by atoms with Crippen molar-refractivity contribution in [2.45, 2.75) is 32.6 Å². The van der Waals surface area contributed by atoms with E-state index in [2.05, 4.69) is 17.5 Å². The molecule has 16 heavy (non-hydrogen) atoms. The Hall–Kier alpha value is -1.32. The lowest BCUT2D eigenvalue weighted by molar-refractivity contribution is -0.133. The largest absolute Gasteiger partial charge is 0.477 e. The molecule has 0 radical (unpaired) electrons. The fourth-order valence-corrected chi connectivity index (χ4v) is 2.50. The topological polar surface area (TPSA) is 61.7 Å². The third kappa shape index (κ3) is 2.26. The minimum atomic E-state index is -0.929. The lowest BCUT2D eigenvalue weighted by Crippen LogP contribution is -2.16. The smallest absolute Gasteiger partial charge is 0.353 e. The van der Waals surface area contributed by atoms with Crippen LogP contribution in [0.5, 0.6) is 0 Å². The number of aliphatic carboxylic acids is 1. The molecule has 1 aliphatic heterocycles. The summed E-state index contributed by atoms with van der Waals surface area (Å²) < 4.78 is 0. The van der Waals surface area contributed by atoms with Crippen molar-refractivity contribution in [1.82, 2.24) is 5.43 Å². The average Bonchev–Trinajstić information content (AvgIpc) is 2.85. The molecule has 3 atom stereocenters. The van der Waals surface area contributed by atoms with Crippen LogP contribution >= 0.6 is 0 Å². The van der Waals surface area contributed by atoms with Crippen LogP contribution in [0.3, 0.4) is 0 Å². The number of fused-ring (bicyclic) bond motifs is 1. The van der Waals surface area contributed by atoms with Crippen LogP contribution in [-0.4, -0.2) is 17.3 Å². The predicted molar refractivity (Wildman–Crippen MR) is 62.0 cm³/mol. The van der Waals surface area contributed by atoms with Crippen molar-refractivity contribution in [1.29, 1.82) is 0 Å². The van der Waals surface area contributed by atoms with Gasteiger partial charge in [0.25, 0.3) is 0 Å². The zero-order chi connectivity index (χ0) is 11.5. The van der Waals surface area contributed by atoms with E-state index >= 15 is 0 Å². The van der Waals surface area contributed by atoms with Crippen LogP contribution in [0.2, 0.25) is 0 Å². The van der Waals surface area contributed by atoms with Crippen LogP contribution in [0.15, 0.2) is 16.9 Å². The minimum Gasteiger partial charge on any atom is -0.477 e. The van der Waals surface area contributed by atoms with Crippen LogP contribution in [-0.2, 0) is 4.79 Å². The zero-order valence-corrected chi connectivity index (χ0v) is 9.52. The van der Waals surface area contributed by atoms with E-state index in [1.807, 2.05) is 6.21 Å². The normalized spacial score (nSPS) is 37.1. The lowest BCUT2D eigenvalue weighted by atomic mass is 10.1. The molecule has 2 N–H and O–H groups in total. The van der Waals surface area contributed by atoms with E-state index in [4.69, 9.17) is 5.11 Å². The molecule has 2 rings (SSSR count). The number of hydrogen-bond acceptors (Lipinski definition) is 3. The first-order valence-corrected chi connectivity index (χ1v) is 5.96. The second kappa shape index (κ2) is 4.68. The monoisotopic (exact) mass is 222 g/mol. The molecule has 0 unspecified atom stereocenters. The molecule has 1 saturated carbocycles. The number of rotatable bonds is 4. The summed E-state index contributed by atoms with van der Waals surface area (Å²) in [5.41, 5.74) is 2.79. The van der Waals surface area contributed by atoms with Gasteiger partial charge in [-0.2, -0.15) is 5.10 Å². The van der Waals surface area contributed by atoms with E-state index in [0.717, 1.165) is 12.3 Å². The summed E-state index contributed by atoms with van der Waals surface area (Å²) in [5, 5.41) is 12.8. The van der Waals surface area contributed by atoms with E-state index in [0.29, 0.717) is 11.8 Å². The first-order chi connectivity index (χ1) is 7.74. The van der Waals surface area contributed by atoms with Crippen molar-refractivity contribution < 1.29 is 9.90 Å². The highest BCUT2D eigenvalue weighted by Gasteiger charge is 2.47. The Balaban J connectivity index is 1.95. The van der Waals surface area contributed by atoms with Crippen molar-refractivity contribution in [3.05, 3.63) is 11.8 Å². The number of nitrogens with zero attached hydrogens (tertiary/aromatic N) is 1. The molecular formula is C12H18N2O2. The number of allylic oxidation sites excluding steroid dienone is 1. The van der Waals surface area contributed by atoms with Gasteiger partial charge in [-0.3, -0.25) is 5.43 Å². The molecule has 4 heteroatoms. The second-order valence-electron chi connectivity index (χ2n) is 4.60. The summed E-state index contributed by atoms with van der Waals surface area (Å²) >= 11 is 0. The number of hydrogen-bond donors (Lipinski definition) is 2. The van der Waals surface area contributed by atoms with Gasteiger partial charge >= 0.3 is 5.97 Å². The maximum absolute atomic E-state index is 10.8. The van der Waals surface area contributed by atoms with Crippen LogP contribution in [0.25, 0.3) is 0 Å². The van der Waals surface area contributed by atoms with Gasteiger partial charge in [0.05, 0.1) is 0 Å². The van der Waals surface area contributed by atoms with E-state index in [-0.39, 0.29) is 5.70 Å². The second-order valence-corrected chi connectivity index (χ2v) is 4.60. The Kier molecular flexibility index (Phi) is 3.27. The van der Waals surface area contributed by atoms with E-state index in [9.17, 15) is 4.79 Å². The lowest BCUT2D eigenvalue weighted by Gasteiger charge is -2.03. The van der Waals surface area contributed by atoms with Gasteiger partial charge in [-0.1, -0.05) is 25.8 Å². The number of carbonyl (C=O) groups is 1. The van der Waals surface area contributed by atoms with Crippen molar-refractivity contribution >= 4 is 12.2 Å². The fourth-order valence-electron chi connectivity index (χ4n) is 2.50. The molecule has 88 valence electrons. The predicted octanol–water partition coefficient (Wildman–Crippen LogP) is 1.99. The third-order valence-corrected chi connectivity index (χ3v) is 3.55. The van der Waals surface area contributed by atoms with Crippen molar-refractivity contribution in [3.63, 3.8) is 0 Å². The van der Waals surface area contributed by atoms with Crippen LogP contribution in [0.1, 0.15) is 32.6 Å². The molecule has 4 nitrogen and oxygen atoms in total. The number of hydrazone groups is 1. The molecule has 0 aromatic carbocycles. The standard InChI is InChI=1S/C12H18N2O2/c1-2-3-4-8-9-5-6-11(12(15)16)14-13-7-10(8)9/h6-10,14H,2-5H2,1H3,(H,15,16)/b11-6+,13-7+/t8-,9-,10+/m0/s1. The molecule has 1 heterocycles. The summed E-state index contributed by atoms with van der Waals surface area (Å²) in [6.45, 7) is 2.20. The van der Waals surface area contributed by atoms with E-state index in [1.54, 1.807) is 6.08 Å². The summed E-state index contributed by atoms with van der Waals surface area (Å²) in [5.74, 6) is 0.966. The van der Waals surface area contributed by atoms with Crippen molar-refractivity contribution in [2.75, 3.05) is 0 Å². The Bertz CT molecular complexity index is 336. The molecule has 0 bridgehead atoms. The van der Waals surface area contributed by atoms with Gasteiger partial charge in [-0.05, 0) is 24.7 Å². The molecule has 0 spiro atoms. The van der Waals surface area contributed by atoms with Gasteiger partial charge in [0.15, 0.2) is 0 Å². The van der Waals surface area contributed by atoms with Gasteiger partial charge in [0.2, 0.25) is 0 Å². The Morgan fingerprint density at radius 3 is 3.19 bits per heavy atom. The molecule has 1 fully saturated rings. The van der Waals surface area contributed by atoms with Gasteiger partial charge in [0, 0.05) is 12.1 Å². The molecule has 0 aromatic heterocycles. The Morgan fingerprint density at radius 2 is 2.50 bits per heavy atom. The number of carboxylic acids is 1. The summed E-state index contributed by atoms with van der Waals surface area (Å²) in [4.78, 5) is 10.8. The maximum Gasteiger partial charge on any atom is 0.353 e. The van der Waals surface area contributed by atoms with Gasteiger partial charge in [-0.25, -0.2) is 4.79 Å². The summed E-state index contributed by atoms with van der Waals surface area (Å²) in [7, 11) is 0. The quantitative estimate of drug-likeness (QED) is 0.764. The minimum absolute atomic E-state index is 0.204. The number of carboxylic acid groups (broad SMARTS) is 1. The highest BCUT2D eigenvalue weighted by molar-refractivity contribution is 5.86. The maximum atomic E-state index is 10.8. The van der Waals surface area contributed by atoms with Crippen LogP contribution < -0.4 is 5.43 Å². The fraction of sp³-hybridized carbons (Fsp3) is 0.667. The first kappa shape index (κ1) is 11.2. The molecule has 2 aliphatic rings. The number of nitrogens with one attached hydrogen (secondary N) is 1. The molecular weight excluding hydrogens is 204 g/mol. The van der Waals surface area contributed by atoms with E-state index < -0.39 is 5.97 Å². The average molecular weight is 222 g/mol. The molecule has 0 saturated heterocycles. The first-order valence-electron chi connectivity index (χ1n) is 5.96. The van der Waals surface area contributed by atoms with Crippen molar-refractivity contribution in [2.24, 2.45) is 22.9 Å². The molecule has 1 aliphatic carbocycles. The third-order valence-electron chi connectivity index (χ3n) is 3.55. The highest BCUT2D eigenvalue weighted by atomic mass is 16.4. The summed E-state index contributed by atoms with van der Waals surface area (Å²) in [6.07, 6.45) is 8.24. The van der Waals surface area contributed by atoms with Crippen molar-refractivity contribution in [3.8, 4) is 0 Å². The molecule has 0 aromatic rings. The summed E-state index contributed by atoms with van der Waals surface area (Å²) in [6, 6.07) is 0. The number of unbranched alkanes of at least 4 members (excludes halogenated alkanes) is 1. The van der Waals surface area contributed by atoms with Crippen LogP contribution in [0, 0.1) is 17.8 Å². The Labute approximate surface area is 95.4 Å². The van der Waals surface area contributed by atoms with E-state index in [1.165, 1.54) is 19.3 Å². The van der Waals surface area contributed by atoms with Crippen LogP contribution in [0.4, 0.5) is 0 Å². The Morgan fingerprint density at radius 1 is 1.69 bits per heavy atom. The van der Waals surface area contributed by atoms with Gasteiger partial charge < -0.3 is 5.11 Å². The van der Waals surface area contributed by atoms with Gasteiger partial charge in [0.1, 0.15) is 5.70 Å². The zero-order valence-electron chi connectivity index (χ0n) is 9.52. The highest BCUT2D eigenvalue weighted by Crippen LogP contribution is 2.51. The SMILES string of the molecule is CCCC[C@@H]1[C@H]2/C=N/N/C(C(=O)O)=C/C[C@H]21. The molecule has 0 amide bonds.